The zero-order valence-electron chi connectivity index (χ0n) is 12.6. The van der Waals surface area contributed by atoms with E-state index in [1.165, 1.54) is 24.0 Å². The molecule has 0 radical (unpaired) electrons. The predicted molar refractivity (Wildman–Crippen MR) is 83.5 cm³/mol. The lowest BCUT2D eigenvalue weighted by molar-refractivity contribution is 0.290. The molecule has 0 aliphatic heterocycles. The first-order valence-corrected chi connectivity index (χ1v) is 7.83. The van der Waals surface area contributed by atoms with Gasteiger partial charge in [-0.1, -0.05) is 13.0 Å². The van der Waals surface area contributed by atoms with Gasteiger partial charge in [-0.2, -0.15) is 5.10 Å². The molecule has 1 aliphatic carbocycles. The monoisotopic (exact) mass is 285 g/mol. The Morgan fingerprint density at radius 3 is 3.19 bits per heavy atom. The van der Waals surface area contributed by atoms with Gasteiger partial charge in [0.1, 0.15) is 12.4 Å². The number of nitrogens with one attached hydrogen (secondary N) is 1. The largest absolute Gasteiger partial charge is 0.492 e. The minimum absolute atomic E-state index is 0.511. The maximum atomic E-state index is 5.86. The summed E-state index contributed by atoms with van der Waals surface area (Å²) in [7, 11) is 0. The molecule has 2 aromatic rings. The third-order valence-corrected chi connectivity index (χ3v) is 4.03. The Morgan fingerprint density at radius 2 is 2.38 bits per heavy atom. The highest BCUT2D eigenvalue weighted by Crippen LogP contribution is 2.32. The molecule has 3 rings (SSSR count). The van der Waals surface area contributed by atoms with E-state index in [2.05, 4.69) is 35.5 Å². The van der Waals surface area contributed by atoms with Crippen molar-refractivity contribution in [1.29, 1.82) is 0 Å². The summed E-state index contributed by atoms with van der Waals surface area (Å²) in [4.78, 5) is 0. The van der Waals surface area contributed by atoms with Crippen LogP contribution in [-0.4, -0.2) is 22.9 Å². The van der Waals surface area contributed by atoms with Crippen molar-refractivity contribution in [2.75, 3.05) is 13.2 Å². The Hall–Kier alpha value is -1.81. The van der Waals surface area contributed by atoms with Crippen LogP contribution in [0.3, 0.4) is 0 Å². The minimum Gasteiger partial charge on any atom is -0.492 e. The highest BCUT2D eigenvalue weighted by molar-refractivity contribution is 5.39. The van der Waals surface area contributed by atoms with Crippen molar-refractivity contribution in [2.24, 2.45) is 0 Å². The fourth-order valence-electron chi connectivity index (χ4n) is 3.03. The number of hydrogen-bond donors (Lipinski definition) is 1. The van der Waals surface area contributed by atoms with Crippen LogP contribution in [0.15, 0.2) is 36.7 Å². The van der Waals surface area contributed by atoms with Gasteiger partial charge in [0.05, 0.1) is 6.54 Å². The zero-order valence-corrected chi connectivity index (χ0v) is 12.6. The summed E-state index contributed by atoms with van der Waals surface area (Å²) >= 11 is 0. The van der Waals surface area contributed by atoms with Crippen molar-refractivity contribution in [1.82, 2.24) is 15.1 Å². The van der Waals surface area contributed by atoms with Gasteiger partial charge in [0.2, 0.25) is 0 Å². The lowest BCUT2D eigenvalue weighted by Gasteiger charge is -2.26. The van der Waals surface area contributed by atoms with Crippen LogP contribution in [0.4, 0.5) is 0 Å². The molecule has 112 valence electrons. The molecule has 0 bridgehead atoms. The summed E-state index contributed by atoms with van der Waals surface area (Å²) in [5.74, 6) is 0.970. The molecule has 21 heavy (non-hydrogen) atoms. The number of rotatable bonds is 6. The van der Waals surface area contributed by atoms with Gasteiger partial charge >= 0.3 is 0 Å². The normalized spacial score (nSPS) is 17.5. The van der Waals surface area contributed by atoms with Gasteiger partial charge in [0.25, 0.3) is 0 Å². The van der Waals surface area contributed by atoms with E-state index in [0.29, 0.717) is 12.6 Å². The van der Waals surface area contributed by atoms with Gasteiger partial charge in [-0.15, -0.1) is 0 Å². The van der Waals surface area contributed by atoms with Crippen molar-refractivity contribution in [2.45, 2.75) is 38.8 Å². The van der Waals surface area contributed by atoms with E-state index in [-0.39, 0.29) is 0 Å². The highest BCUT2D eigenvalue weighted by Gasteiger charge is 2.19. The fraction of sp³-hybridized carbons (Fsp3) is 0.471. The van der Waals surface area contributed by atoms with E-state index in [0.717, 1.165) is 25.3 Å². The van der Waals surface area contributed by atoms with Crippen LogP contribution < -0.4 is 10.1 Å². The standard InChI is InChI=1S/C17H23N3O/c1-2-18-17-6-3-5-14-13-15(7-8-16(14)17)21-12-11-20-10-4-9-19-20/h4,7-10,13,17-18H,2-3,5-6,11-12H2,1H3. The molecule has 1 heterocycles. The molecule has 1 unspecified atom stereocenters. The van der Waals surface area contributed by atoms with E-state index in [4.69, 9.17) is 4.74 Å². The Balaban J connectivity index is 1.62. The summed E-state index contributed by atoms with van der Waals surface area (Å²) in [6.07, 6.45) is 7.40. The molecule has 0 saturated heterocycles. The fourth-order valence-corrected chi connectivity index (χ4v) is 3.03. The quantitative estimate of drug-likeness (QED) is 0.887. The molecule has 0 saturated carbocycles. The average Bonchev–Trinajstić information content (AvgIpc) is 3.01. The maximum absolute atomic E-state index is 5.86. The lowest BCUT2D eigenvalue weighted by Crippen LogP contribution is -2.24. The molecule has 1 aromatic heterocycles. The van der Waals surface area contributed by atoms with Gasteiger partial charge in [0, 0.05) is 18.4 Å². The second kappa shape index (κ2) is 6.76. The molecule has 0 spiro atoms. The Labute approximate surface area is 126 Å². The molecule has 0 fully saturated rings. The van der Waals surface area contributed by atoms with Gasteiger partial charge in [-0.25, -0.2) is 0 Å². The van der Waals surface area contributed by atoms with Crippen LogP contribution in [0, 0.1) is 0 Å². The highest BCUT2D eigenvalue weighted by atomic mass is 16.5. The molecule has 1 N–H and O–H groups in total. The first-order valence-electron chi connectivity index (χ1n) is 7.83. The summed E-state index contributed by atoms with van der Waals surface area (Å²) in [6.45, 7) is 4.62. The summed E-state index contributed by atoms with van der Waals surface area (Å²) in [5.41, 5.74) is 2.88. The molecular weight excluding hydrogens is 262 g/mol. The predicted octanol–water partition coefficient (Wildman–Crippen LogP) is 2.95. The molecule has 1 aromatic carbocycles. The van der Waals surface area contributed by atoms with Crippen molar-refractivity contribution in [3.05, 3.63) is 47.8 Å². The molecule has 0 amide bonds. The van der Waals surface area contributed by atoms with Crippen LogP contribution in [0.2, 0.25) is 0 Å². The first kappa shape index (κ1) is 14.1. The number of fused-ring (bicyclic) bond motifs is 1. The number of nitrogens with zero attached hydrogens (tertiary/aromatic N) is 2. The smallest absolute Gasteiger partial charge is 0.119 e. The zero-order chi connectivity index (χ0) is 14.5. The third-order valence-electron chi connectivity index (χ3n) is 4.03. The van der Waals surface area contributed by atoms with Gasteiger partial charge in [0.15, 0.2) is 0 Å². The lowest BCUT2D eigenvalue weighted by atomic mass is 9.87. The van der Waals surface area contributed by atoms with E-state index < -0.39 is 0 Å². The summed E-state index contributed by atoms with van der Waals surface area (Å²) in [6, 6.07) is 8.97. The number of aryl methyl sites for hydroxylation is 1. The molecular formula is C17H23N3O. The summed E-state index contributed by atoms with van der Waals surface area (Å²) < 4.78 is 7.75. The maximum Gasteiger partial charge on any atom is 0.119 e. The SMILES string of the molecule is CCNC1CCCc2cc(OCCn3cccn3)ccc21. The average molecular weight is 285 g/mol. The van der Waals surface area contributed by atoms with Crippen LogP contribution in [0.1, 0.15) is 36.9 Å². The Morgan fingerprint density at radius 1 is 1.43 bits per heavy atom. The number of hydrogen-bond acceptors (Lipinski definition) is 3. The van der Waals surface area contributed by atoms with Crippen LogP contribution in [0.5, 0.6) is 5.75 Å². The van der Waals surface area contributed by atoms with Gasteiger partial charge < -0.3 is 10.1 Å². The van der Waals surface area contributed by atoms with E-state index in [1.807, 2.05) is 16.9 Å². The van der Waals surface area contributed by atoms with E-state index in [1.54, 1.807) is 6.20 Å². The second-order valence-corrected chi connectivity index (χ2v) is 5.48. The number of ether oxygens (including phenoxy) is 1. The molecule has 4 nitrogen and oxygen atoms in total. The Bertz CT molecular complexity index is 565. The van der Waals surface area contributed by atoms with Crippen LogP contribution in [-0.2, 0) is 13.0 Å². The second-order valence-electron chi connectivity index (χ2n) is 5.48. The van der Waals surface area contributed by atoms with Crippen LogP contribution in [0.25, 0.3) is 0 Å². The topological polar surface area (TPSA) is 39.1 Å². The summed E-state index contributed by atoms with van der Waals surface area (Å²) in [5, 5.41) is 7.75. The number of benzene rings is 1. The van der Waals surface area contributed by atoms with Crippen molar-refractivity contribution in [3.8, 4) is 5.75 Å². The number of aromatic nitrogens is 2. The van der Waals surface area contributed by atoms with Gasteiger partial charge in [-0.3, -0.25) is 4.68 Å². The van der Waals surface area contributed by atoms with Crippen LogP contribution >= 0.6 is 0 Å². The van der Waals surface area contributed by atoms with E-state index in [9.17, 15) is 0 Å². The Kier molecular flexibility index (Phi) is 4.55. The van der Waals surface area contributed by atoms with E-state index >= 15 is 0 Å². The van der Waals surface area contributed by atoms with Gasteiger partial charge in [-0.05, 0) is 55.1 Å². The van der Waals surface area contributed by atoms with Crippen molar-refractivity contribution in [3.63, 3.8) is 0 Å². The molecule has 1 aliphatic rings. The molecule has 4 heteroatoms. The first-order chi connectivity index (χ1) is 10.4. The minimum atomic E-state index is 0.511. The van der Waals surface area contributed by atoms with Crippen molar-refractivity contribution >= 4 is 0 Å². The van der Waals surface area contributed by atoms with Crippen molar-refractivity contribution < 1.29 is 4.74 Å². The molecule has 1 atom stereocenters. The third kappa shape index (κ3) is 3.45.